The van der Waals surface area contributed by atoms with E-state index in [4.69, 9.17) is 11.6 Å². The largest absolute Gasteiger partial charge is 0.493 e. The summed E-state index contributed by atoms with van der Waals surface area (Å²) in [4.78, 5) is 27.6. The quantitative estimate of drug-likeness (QED) is 0.368. The number of aromatic amines is 2. The number of imidazole rings is 1. The Morgan fingerprint density at radius 3 is 2.77 bits per heavy atom. The number of halogens is 4. The first-order valence-corrected chi connectivity index (χ1v) is 8.94. The maximum absolute atomic E-state index is 12.7. The van der Waals surface area contributed by atoms with Gasteiger partial charge in [-0.05, 0) is 24.3 Å². The Kier molecular flexibility index (Phi) is 5.10. The molecule has 3 heterocycles. The van der Waals surface area contributed by atoms with Crippen LogP contribution in [0.4, 0.5) is 24.8 Å². The van der Waals surface area contributed by atoms with E-state index in [-0.39, 0.29) is 28.1 Å². The third-order valence-electron chi connectivity index (χ3n) is 3.89. The number of anilines is 2. The van der Waals surface area contributed by atoms with Gasteiger partial charge in [-0.3, -0.25) is 4.98 Å². The molecule has 0 saturated heterocycles. The van der Waals surface area contributed by atoms with Gasteiger partial charge in [-0.15, -0.1) is 0 Å². The smallest absolute Gasteiger partial charge is 0.408 e. The van der Waals surface area contributed by atoms with E-state index in [9.17, 15) is 23.1 Å². The average Bonchev–Trinajstić information content (AvgIpc) is 3.22. The number of nitrogens with zero attached hydrogens (tertiary/aromatic N) is 5. The van der Waals surface area contributed by atoms with Crippen molar-refractivity contribution in [1.29, 1.82) is 0 Å². The Balaban J connectivity index is 1.90. The Labute approximate surface area is 174 Å². The highest BCUT2D eigenvalue weighted by Crippen LogP contribution is 2.18. The number of hydrogen-bond donors (Lipinski definition) is 4. The highest BCUT2D eigenvalue weighted by molar-refractivity contribution is 6.30. The number of benzene rings is 1. The molecule has 3 aromatic heterocycles. The highest BCUT2D eigenvalue weighted by atomic mass is 35.5. The van der Waals surface area contributed by atoms with E-state index >= 15 is 0 Å². The molecule has 4 rings (SSSR count). The minimum Gasteiger partial charge on any atom is -0.493 e. The van der Waals surface area contributed by atoms with Crippen molar-refractivity contribution in [2.24, 2.45) is 4.99 Å². The van der Waals surface area contributed by atoms with Crippen LogP contribution >= 0.6 is 11.6 Å². The minimum absolute atomic E-state index is 0.0386. The number of alkyl halides is 3. The third-order valence-corrected chi connectivity index (χ3v) is 4.13. The van der Waals surface area contributed by atoms with Crippen LogP contribution in [-0.2, 0) is 0 Å². The van der Waals surface area contributed by atoms with Gasteiger partial charge in [0, 0.05) is 15.9 Å². The fourth-order valence-electron chi connectivity index (χ4n) is 2.64. The van der Waals surface area contributed by atoms with Crippen LogP contribution in [0.15, 0.2) is 40.2 Å². The summed E-state index contributed by atoms with van der Waals surface area (Å²) in [7, 11) is 0. The molecule has 0 bridgehead atoms. The Hall–Kier alpha value is -3.87. The lowest BCUT2D eigenvalue weighted by Crippen LogP contribution is -2.26. The van der Waals surface area contributed by atoms with E-state index in [1.165, 1.54) is 12.3 Å². The molecule has 1 aromatic carbocycles. The lowest BCUT2D eigenvalue weighted by atomic mass is 10.3. The van der Waals surface area contributed by atoms with Gasteiger partial charge in [0.1, 0.15) is 12.2 Å². The second kappa shape index (κ2) is 7.75. The van der Waals surface area contributed by atoms with Gasteiger partial charge in [-0.2, -0.15) is 32.8 Å². The van der Waals surface area contributed by atoms with Gasteiger partial charge in [0.05, 0.1) is 6.20 Å². The Bertz CT molecular complexity index is 1440. The zero-order chi connectivity index (χ0) is 22.2. The number of H-pyrrole nitrogens is 2. The number of hydrogen-bond acceptors (Lipinski definition) is 7. The second-order valence-electron chi connectivity index (χ2n) is 6.24. The molecular formula is C17H12ClF3N8O2. The van der Waals surface area contributed by atoms with Gasteiger partial charge in [0.25, 0.3) is 5.62 Å². The molecule has 14 heteroatoms. The SMILES string of the molecule is O=c1[nH]c(O)c(C=c2cnn3c(=NCC(F)(F)F)nc(Nc4cccc(Cl)c4)nc23)[nH]1. The van der Waals surface area contributed by atoms with Gasteiger partial charge in [0.2, 0.25) is 11.8 Å². The fourth-order valence-corrected chi connectivity index (χ4v) is 2.83. The van der Waals surface area contributed by atoms with Gasteiger partial charge >= 0.3 is 11.9 Å². The van der Waals surface area contributed by atoms with Crippen molar-refractivity contribution in [2.75, 3.05) is 11.9 Å². The van der Waals surface area contributed by atoms with Crippen LogP contribution < -0.4 is 21.8 Å². The van der Waals surface area contributed by atoms with Crippen LogP contribution in [0, 0.1) is 0 Å². The lowest BCUT2D eigenvalue weighted by Gasteiger charge is -2.06. The van der Waals surface area contributed by atoms with Crippen molar-refractivity contribution < 1.29 is 18.3 Å². The molecule has 0 unspecified atom stereocenters. The van der Waals surface area contributed by atoms with Crippen LogP contribution in [0.2, 0.25) is 5.02 Å². The minimum atomic E-state index is -4.55. The summed E-state index contributed by atoms with van der Waals surface area (Å²) >= 11 is 5.95. The molecule has 0 radical (unpaired) electrons. The van der Waals surface area contributed by atoms with Crippen molar-refractivity contribution >= 4 is 35.0 Å². The molecule has 0 saturated carbocycles. The lowest BCUT2D eigenvalue weighted by molar-refractivity contribution is -0.118. The van der Waals surface area contributed by atoms with E-state index in [2.05, 4.69) is 35.3 Å². The molecule has 4 N–H and O–H groups in total. The van der Waals surface area contributed by atoms with Crippen LogP contribution in [0.5, 0.6) is 5.88 Å². The summed E-state index contributed by atoms with van der Waals surface area (Å²) < 4.78 is 39.1. The van der Waals surface area contributed by atoms with Gasteiger partial charge in [-0.1, -0.05) is 17.7 Å². The van der Waals surface area contributed by atoms with Crippen molar-refractivity contribution in [1.82, 2.24) is 29.5 Å². The number of rotatable bonds is 4. The highest BCUT2D eigenvalue weighted by Gasteiger charge is 2.26. The fraction of sp³-hybridized carbons (Fsp3) is 0.118. The second-order valence-corrected chi connectivity index (χ2v) is 6.67. The molecule has 0 fully saturated rings. The van der Waals surface area contributed by atoms with Gasteiger partial charge in [-0.25, -0.2) is 9.79 Å². The van der Waals surface area contributed by atoms with E-state index in [0.29, 0.717) is 10.7 Å². The topological polar surface area (TPSA) is 136 Å². The third kappa shape index (κ3) is 4.66. The summed E-state index contributed by atoms with van der Waals surface area (Å²) in [5, 5.41) is 17.3. The summed E-state index contributed by atoms with van der Waals surface area (Å²) in [6, 6.07) is 6.56. The van der Waals surface area contributed by atoms with Crippen molar-refractivity contribution in [3.8, 4) is 5.88 Å². The summed E-state index contributed by atoms with van der Waals surface area (Å²) in [6.07, 6.45) is -1.92. The Morgan fingerprint density at radius 2 is 2.10 bits per heavy atom. The number of aromatic hydroxyl groups is 1. The normalized spacial score (nSPS) is 13.3. The molecule has 160 valence electrons. The molecule has 4 aromatic rings. The van der Waals surface area contributed by atoms with Crippen LogP contribution in [0.25, 0.3) is 11.7 Å². The maximum atomic E-state index is 12.7. The summed E-state index contributed by atoms with van der Waals surface area (Å²) in [5.74, 6) is -0.477. The Morgan fingerprint density at radius 1 is 1.29 bits per heavy atom. The number of aromatic nitrogens is 6. The zero-order valence-electron chi connectivity index (χ0n) is 15.3. The van der Waals surface area contributed by atoms with Crippen molar-refractivity contribution in [2.45, 2.75) is 6.18 Å². The first kappa shape index (κ1) is 20.4. The predicted molar refractivity (Wildman–Crippen MR) is 104 cm³/mol. The van der Waals surface area contributed by atoms with E-state index in [1.54, 1.807) is 24.3 Å². The molecule has 0 aliphatic carbocycles. The first-order chi connectivity index (χ1) is 14.7. The summed E-state index contributed by atoms with van der Waals surface area (Å²) in [5.41, 5.74) is -0.368. The number of fused-ring (bicyclic) bond motifs is 1. The number of nitrogens with one attached hydrogen (secondary N) is 3. The molecule has 10 nitrogen and oxygen atoms in total. The molecule has 0 amide bonds. The maximum Gasteiger partial charge on any atom is 0.408 e. The first-order valence-electron chi connectivity index (χ1n) is 8.56. The van der Waals surface area contributed by atoms with E-state index < -0.39 is 24.3 Å². The van der Waals surface area contributed by atoms with Crippen LogP contribution in [0.1, 0.15) is 5.69 Å². The predicted octanol–water partition coefficient (Wildman–Crippen LogP) is 1.25. The van der Waals surface area contributed by atoms with Gasteiger partial charge < -0.3 is 15.4 Å². The molecular weight excluding hydrogens is 441 g/mol. The van der Waals surface area contributed by atoms with Crippen LogP contribution in [0.3, 0.4) is 0 Å². The van der Waals surface area contributed by atoms with Crippen molar-refractivity contribution in [3.05, 3.63) is 62.5 Å². The van der Waals surface area contributed by atoms with Crippen LogP contribution in [-0.4, -0.2) is 47.4 Å². The summed E-state index contributed by atoms with van der Waals surface area (Å²) in [6.45, 7) is -1.47. The molecule has 0 aliphatic heterocycles. The molecule has 0 atom stereocenters. The molecule has 0 aliphatic rings. The zero-order valence-corrected chi connectivity index (χ0v) is 16.0. The molecule has 31 heavy (non-hydrogen) atoms. The van der Waals surface area contributed by atoms with Gasteiger partial charge in [0.15, 0.2) is 5.65 Å². The standard InChI is InChI=1S/C17H12ClF3N8O2/c18-9-2-1-3-10(5-9)24-14-26-12-8(4-11-13(30)27-16(31)25-11)6-23-29(12)15(28-14)22-7-17(19,20)21/h1-6,30H,7H2,(H,22,24,28)(H2,25,27,31). The average molecular weight is 453 g/mol. The van der Waals surface area contributed by atoms with E-state index in [0.717, 1.165) is 4.52 Å². The van der Waals surface area contributed by atoms with E-state index in [1.807, 2.05) is 0 Å². The monoisotopic (exact) mass is 452 g/mol. The molecule has 0 spiro atoms. The van der Waals surface area contributed by atoms with Crippen molar-refractivity contribution in [3.63, 3.8) is 0 Å².